The van der Waals surface area contributed by atoms with E-state index in [1.807, 2.05) is 12.1 Å². The van der Waals surface area contributed by atoms with E-state index in [0.717, 1.165) is 0 Å². The van der Waals surface area contributed by atoms with Crippen molar-refractivity contribution < 1.29 is 0 Å². The summed E-state index contributed by atoms with van der Waals surface area (Å²) in [5, 5.41) is 0. The summed E-state index contributed by atoms with van der Waals surface area (Å²) in [6, 6.07) is 20.8. The number of benzene rings is 2. The summed E-state index contributed by atoms with van der Waals surface area (Å²) < 4.78 is 0. The second-order valence-electron chi connectivity index (χ2n) is 4.87. The van der Waals surface area contributed by atoms with Gasteiger partial charge in [0.2, 0.25) is 0 Å². The third-order valence-corrected chi connectivity index (χ3v) is 3.26. The first-order valence-corrected chi connectivity index (χ1v) is 7.39. The molecule has 0 N–H and O–H groups in total. The van der Waals surface area contributed by atoms with Crippen LogP contribution in [0.25, 0.3) is 11.1 Å². The van der Waals surface area contributed by atoms with Crippen molar-refractivity contribution in [2.75, 3.05) is 0 Å². The van der Waals surface area contributed by atoms with Gasteiger partial charge in [-0.05, 0) is 36.8 Å². The van der Waals surface area contributed by atoms with E-state index in [1.165, 1.54) is 36.8 Å². The fourth-order valence-electron chi connectivity index (χ4n) is 2.14. The van der Waals surface area contributed by atoms with Crippen LogP contribution in [0.4, 0.5) is 0 Å². The fraction of sp³-hybridized carbons (Fsp3) is 0.200. The molecule has 0 saturated heterocycles. The highest BCUT2D eigenvalue weighted by molar-refractivity contribution is 5.62. The van der Waals surface area contributed by atoms with Gasteiger partial charge in [-0.1, -0.05) is 85.0 Å². The third-order valence-electron chi connectivity index (χ3n) is 3.26. The van der Waals surface area contributed by atoms with Crippen LogP contribution in [0, 0.1) is 0 Å². The summed E-state index contributed by atoms with van der Waals surface area (Å²) in [6.45, 7) is 0. The molecule has 2 aromatic carbocycles. The normalized spacial score (nSPS) is 13.8. The Bertz CT molecular complexity index is 469. The largest absolute Gasteiger partial charge is 0.0845 e. The Balaban J connectivity index is 0.000000160. The molecule has 0 radical (unpaired) electrons. The molecule has 102 valence electrons. The van der Waals surface area contributed by atoms with Crippen molar-refractivity contribution in [3.8, 4) is 11.1 Å². The standard InChI is InChI=1S/C12H10.C8H12/c1-3-7-11(8-4-1)12-9-5-2-6-10-12;1-2-4-6-8-7-5-3-1/h1-10H;1-4H,5-8H2. The Morgan fingerprint density at radius 3 is 1.30 bits per heavy atom. The molecule has 0 spiro atoms. The van der Waals surface area contributed by atoms with E-state index in [4.69, 9.17) is 0 Å². The zero-order valence-corrected chi connectivity index (χ0v) is 11.9. The number of hydrogen-bond donors (Lipinski definition) is 0. The van der Waals surface area contributed by atoms with E-state index >= 15 is 0 Å². The lowest BCUT2D eigenvalue weighted by atomic mass is 10.1. The molecule has 0 amide bonds. The van der Waals surface area contributed by atoms with Gasteiger partial charge in [-0.3, -0.25) is 0 Å². The van der Waals surface area contributed by atoms with Gasteiger partial charge in [0.15, 0.2) is 0 Å². The molecular formula is C20H22. The van der Waals surface area contributed by atoms with Gasteiger partial charge in [-0.25, -0.2) is 0 Å². The molecule has 1 aliphatic carbocycles. The first-order chi connectivity index (χ1) is 9.97. The van der Waals surface area contributed by atoms with E-state index in [9.17, 15) is 0 Å². The summed E-state index contributed by atoms with van der Waals surface area (Å²) in [5.41, 5.74) is 2.55. The van der Waals surface area contributed by atoms with E-state index in [1.54, 1.807) is 0 Å². The second-order valence-corrected chi connectivity index (χ2v) is 4.87. The molecule has 0 nitrogen and oxygen atoms in total. The third kappa shape index (κ3) is 5.27. The summed E-state index contributed by atoms with van der Waals surface area (Å²) in [5.74, 6) is 0. The first-order valence-electron chi connectivity index (χ1n) is 7.39. The Labute approximate surface area is 122 Å². The van der Waals surface area contributed by atoms with Crippen molar-refractivity contribution in [2.24, 2.45) is 0 Å². The van der Waals surface area contributed by atoms with Crippen LogP contribution in [0.5, 0.6) is 0 Å². The Kier molecular flexibility index (Phi) is 6.40. The van der Waals surface area contributed by atoms with Crippen molar-refractivity contribution in [3.05, 3.63) is 85.0 Å². The highest BCUT2D eigenvalue weighted by atomic mass is 14.0. The van der Waals surface area contributed by atoms with Crippen LogP contribution in [0.2, 0.25) is 0 Å². The highest BCUT2D eigenvalue weighted by Crippen LogP contribution is 2.17. The number of allylic oxidation sites excluding steroid dienone is 4. The van der Waals surface area contributed by atoms with E-state index < -0.39 is 0 Å². The van der Waals surface area contributed by atoms with Crippen LogP contribution < -0.4 is 0 Å². The van der Waals surface area contributed by atoms with E-state index in [-0.39, 0.29) is 0 Å². The zero-order chi connectivity index (χ0) is 13.9. The molecule has 0 atom stereocenters. The predicted octanol–water partition coefficient (Wildman–Crippen LogP) is 6.03. The number of rotatable bonds is 1. The summed E-state index contributed by atoms with van der Waals surface area (Å²) >= 11 is 0. The van der Waals surface area contributed by atoms with Gasteiger partial charge in [0, 0.05) is 0 Å². The topological polar surface area (TPSA) is 0 Å². The Morgan fingerprint density at radius 2 is 0.900 bits per heavy atom. The minimum atomic E-state index is 1.27. The molecule has 0 aromatic heterocycles. The van der Waals surface area contributed by atoms with Crippen molar-refractivity contribution in [3.63, 3.8) is 0 Å². The van der Waals surface area contributed by atoms with Gasteiger partial charge in [0.05, 0.1) is 0 Å². The monoisotopic (exact) mass is 262 g/mol. The molecule has 0 heteroatoms. The molecule has 0 saturated carbocycles. The fourth-order valence-corrected chi connectivity index (χ4v) is 2.14. The van der Waals surface area contributed by atoms with Gasteiger partial charge >= 0.3 is 0 Å². The first kappa shape index (κ1) is 14.3. The number of hydrogen-bond acceptors (Lipinski definition) is 0. The smallest absolute Gasteiger partial charge is 0.0184 e. The molecule has 2 aromatic rings. The molecule has 0 aliphatic heterocycles. The van der Waals surface area contributed by atoms with Crippen molar-refractivity contribution in [1.82, 2.24) is 0 Å². The van der Waals surface area contributed by atoms with Crippen LogP contribution in [0.15, 0.2) is 85.0 Å². The van der Waals surface area contributed by atoms with Gasteiger partial charge in [-0.2, -0.15) is 0 Å². The molecule has 0 unspecified atom stereocenters. The molecule has 3 rings (SSSR count). The molecule has 0 fully saturated rings. The second kappa shape index (κ2) is 8.92. The molecule has 20 heavy (non-hydrogen) atoms. The maximum absolute atomic E-state index is 2.23. The predicted molar refractivity (Wildman–Crippen MR) is 88.6 cm³/mol. The Hall–Kier alpha value is -2.08. The summed E-state index contributed by atoms with van der Waals surface area (Å²) in [6.07, 6.45) is 14.0. The van der Waals surface area contributed by atoms with E-state index in [0.29, 0.717) is 0 Å². The maximum atomic E-state index is 2.23. The van der Waals surface area contributed by atoms with Crippen molar-refractivity contribution in [2.45, 2.75) is 25.7 Å². The lowest BCUT2D eigenvalue weighted by Gasteiger charge is -1.98. The van der Waals surface area contributed by atoms with Gasteiger partial charge in [0.25, 0.3) is 0 Å². The minimum absolute atomic E-state index is 1.27. The SMILES string of the molecule is C1=CCCCCC=C1.c1ccc(-c2ccccc2)cc1. The lowest BCUT2D eigenvalue weighted by Crippen LogP contribution is -1.74. The molecule has 0 heterocycles. The average molecular weight is 262 g/mol. The lowest BCUT2D eigenvalue weighted by molar-refractivity contribution is 0.758. The quantitative estimate of drug-likeness (QED) is 0.589. The summed E-state index contributed by atoms with van der Waals surface area (Å²) in [7, 11) is 0. The van der Waals surface area contributed by atoms with Gasteiger partial charge in [0.1, 0.15) is 0 Å². The van der Waals surface area contributed by atoms with Gasteiger partial charge < -0.3 is 0 Å². The molecule has 1 aliphatic rings. The maximum Gasteiger partial charge on any atom is -0.0184 e. The minimum Gasteiger partial charge on any atom is -0.0845 e. The van der Waals surface area contributed by atoms with Crippen LogP contribution in [-0.4, -0.2) is 0 Å². The van der Waals surface area contributed by atoms with E-state index in [2.05, 4.69) is 72.8 Å². The average Bonchev–Trinajstić information content (AvgIpc) is 2.49. The van der Waals surface area contributed by atoms with Crippen molar-refractivity contribution in [1.29, 1.82) is 0 Å². The van der Waals surface area contributed by atoms with Crippen LogP contribution >= 0.6 is 0 Å². The highest BCUT2D eigenvalue weighted by Gasteiger charge is 1.91. The van der Waals surface area contributed by atoms with Crippen molar-refractivity contribution >= 4 is 0 Å². The molecular weight excluding hydrogens is 240 g/mol. The van der Waals surface area contributed by atoms with Crippen LogP contribution in [-0.2, 0) is 0 Å². The Morgan fingerprint density at radius 1 is 0.500 bits per heavy atom. The molecule has 0 bridgehead atoms. The van der Waals surface area contributed by atoms with Crippen LogP contribution in [0.1, 0.15) is 25.7 Å². The van der Waals surface area contributed by atoms with Crippen LogP contribution in [0.3, 0.4) is 0 Å². The zero-order valence-electron chi connectivity index (χ0n) is 11.9. The van der Waals surface area contributed by atoms with Gasteiger partial charge in [-0.15, -0.1) is 0 Å². The summed E-state index contributed by atoms with van der Waals surface area (Å²) in [4.78, 5) is 0.